The Bertz CT molecular complexity index is 451. The lowest BCUT2D eigenvalue weighted by atomic mass is 10.1. The standard InChI is InChI=1S/C16H26N2O3/c1-12(14-6-5-9-20-14)17-10-13-7-8-18(11-13)15(19)21-16(2,3)4/h5-6,9,12-13,17H,7-8,10-11H2,1-4H3. The second-order valence-electron chi connectivity index (χ2n) is 6.73. The molecule has 1 amide bonds. The number of amides is 1. The summed E-state index contributed by atoms with van der Waals surface area (Å²) in [6, 6.07) is 4.06. The number of ether oxygens (including phenoxy) is 1. The number of furan rings is 1. The van der Waals surface area contributed by atoms with Gasteiger partial charge in [0.05, 0.1) is 12.3 Å². The number of carbonyl (C=O) groups excluding carboxylic acids is 1. The highest BCUT2D eigenvalue weighted by molar-refractivity contribution is 5.68. The molecule has 0 saturated carbocycles. The van der Waals surface area contributed by atoms with Gasteiger partial charge in [-0.3, -0.25) is 0 Å². The smallest absolute Gasteiger partial charge is 0.410 e. The normalized spacial score (nSPS) is 20.6. The van der Waals surface area contributed by atoms with Crippen LogP contribution in [0.3, 0.4) is 0 Å². The van der Waals surface area contributed by atoms with E-state index in [0.717, 1.165) is 31.8 Å². The molecule has 2 heterocycles. The minimum absolute atomic E-state index is 0.190. The monoisotopic (exact) mass is 294 g/mol. The number of hydrogen-bond donors (Lipinski definition) is 1. The molecule has 2 rings (SSSR count). The fraction of sp³-hybridized carbons (Fsp3) is 0.688. The summed E-state index contributed by atoms with van der Waals surface area (Å²) in [4.78, 5) is 13.8. The Morgan fingerprint density at radius 1 is 1.57 bits per heavy atom. The molecule has 0 aromatic carbocycles. The summed E-state index contributed by atoms with van der Waals surface area (Å²) >= 11 is 0. The van der Waals surface area contributed by atoms with E-state index < -0.39 is 5.60 Å². The predicted molar refractivity (Wildman–Crippen MR) is 81.0 cm³/mol. The van der Waals surface area contributed by atoms with Gasteiger partial charge in [0.25, 0.3) is 0 Å². The molecular weight excluding hydrogens is 268 g/mol. The number of nitrogens with one attached hydrogen (secondary N) is 1. The van der Waals surface area contributed by atoms with E-state index in [1.54, 1.807) is 11.2 Å². The van der Waals surface area contributed by atoms with Gasteiger partial charge in [-0.25, -0.2) is 4.79 Å². The van der Waals surface area contributed by atoms with Crippen LogP contribution in [-0.4, -0.2) is 36.2 Å². The molecule has 118 valence electrons. The van der Waals surface area contributed by atoms with Crippen LogP contribution in [0.2, 0.25) is 0 Å². The molecule has 0 bridgehead atoms. The van der Waals surface area contributed by atoms with Crippen molar-refractivity contribution in [1.82, 2.24) is 10.2 Å². The van der Waals surface area contributed by atoms with Gasteiger partial charge in [0.15, 0.2) is 0 Å². The molecule has 1 N–H and O–H groups in total. The topological polar surface area (TPSA) is 54.7 Å². The molecular formula is C16H26N2O3. The van der Waals surface area contributed by atoms with Gasteiger partial charge in [0, 0.05) is 19.6 Å². The van der Waals surface area contributed by atoms with Crippen molar-refractivity contribution >= 4 is 6.09 Å². The zero-order valence-electron chi connectivity index (χ0n) is 13.4. The number of likely N-dealkylation sites (tertiary alicyclic amines) is 1. The van der Waals surface area contributed by atoms with E-state index in [4.69, 9.17) is 9.15 Å². The van der Waals surface area contributed by atoms with Gasteiger partial charge in [-0.05, 0) is 52.2 Å². The van der Waals surface area contributed by atoms with Crippen molar-refractivity contribution < 1.29 is 13.9 Å². The quantitative estimate of drug-likeness (QED) is 0.926. The summed E-state index contributed by atoms with van der Waals surface area (Å²) in [6.45, 7) is 10.2. The first kappa shape index (κ1) is 15.9. The van der Waals surface area contributed by atoms with Crippen molar-refractivity contribution in [2.45, 2.75) is 45.8 Å². The first-order chi connectivity index (χ1) is 9.85. The van der Waals surface area contributed by atoms with E-state index in [1.165, 1.54) is 0 Å². The van der Waals surface area contributed by atoms with Gasteiger partial charge in [-0.15, -0.1) is 0 Å². The van der Waals surface area contributed by atoms with Crippen molar-refractivity contribution in [1.29, 1.82) is 0 Å². The molecule has 21 heavy (non-hydrogen) atoms. The van der Waals surface area contributed by atoms with Gasteiger partial charge < -0.3 is 19.4 Å². The average molecular weight is 294 g/mol. The Hall–Kier alpha value is -1.49. The van der Waals surface area contributed by atoms with E-state index in [2.05, 4.69) is 12.2 Å². The summed E-state index contributed by atoms with van der Waals surface area (Å²) in [5.41, 5.74) is -0.429. The van der Waals surface area contributed by atoms with Crippen LogP contribution in [0.1, 0.15) is 45.9 Å². The third-order valence-electron chi connectivity index (χ3n) is 3.62. The predicted octanol–water partition coefficient (Wildman–Crippen LogP) is 3.19. The van der Waals surface area contributed by atoms with E-state index in [-0.39, 0.29) is 12.1 Å². The van der Waals surface area contributed by atoms with Crippen LogP contribution < -0.4 is 5.32 Å². The number of nitrogens with zero attached hydrogens (tertiary/aromatic N) is 1. The third kappa shape index (κ3) is 4.77. The molecule has 0 aliphatic carbocycles. The highest BCUT2D eigenvalue weighted by Crippen LogP contribution is 2.20. The molecule has 1 saturated heterocycles. The summed E-state index contributed by atoms with van der Waals surface area (Å²) < 4.78 is 10.8. The minimum atomic E-state index is -0.429. The number of rotatable bonds is 4. The van der Waals surface area contributed by atoms with E-state index in [0.29, 0.717) is 5.92 Å². The van der Waals surface area contributed by atoms with Crippen LogP contribution >= 0.6 is 0 Å². The van der Waals surface area contributed by atoms with Crippen LogP contribution in [0.4, 0.5) is 4.79 Å². The zero-order chi connectivity index (χ0) is 15.5. The second kappa shape index (κ2) is 6.52. The van der Waals surface area contributed by atoms with E-state index in [1.807, 2.05) is 32.9 Å². The van der Waals surface area contributed by atoms with E-state index in [9.17, 15) is 4.79 Å². The highest BCUT2D eigenvalue weighted by Gasteiger charge is 2.29. The molecule has 2 unspecified atom stereocenters. The molecule has 1 fully saturated rings. The summed E-state index contributed by atoms with van der Waals surface area (Å²) in [7, 11) is 0. The van der Waals surface area contributed by atoms with Crippen molar-refractivity contribution in [3.63, 3.8) is 0 Å². The Labute approximate surface area is 126 Å². The third-order valence-corrected chi connectivity index (χ3v) is 3.62. The van der Waals surface area contributed by atoms with Gasteiger partial charge in [0.2, 0.25) is 0 Å². The fourth-order valence-corrected chi connectivity index (χ4v) is 2.47. The summed E-state index contributed by atoms with van der Waals surface area (Å²) in [5.74, 6) is 1.41. The Kier molecular flexibility index (Phi) is 4.93. The van der Waals surface area contributed by atoms with E-state index >= 15 is 0 Å². The van der Waals surface area contributed by atoms with Gasteiger partial charge in [-0.1, -0.05) is 0 Å². The minimum Gasteiger partial charge on any atom is -0.468 e. The lowest BCUT2D eigenvalue weighted by Gasteiger charge is -2.24. The molecule has 1 aromatic rings. The SMILES string of the molecule is CC(NCC1CCN(C(=O)OC(C)(C)C)C1)c1ccco1. The second-order valence-corrected chi connectivity index (χ2v) is 6.73. The molecule has 0 spiro atoms. The van der Waals surface area contributed by atoms with Crippen molar-refractivity contribution in [2.24, 2.45) is 5.92 Å². The average Bonchev–Trinajstić information content (AvgIpc) is 3.05. The van der Waals surface area contributed by atoms with Crippen LogP contribution in [0, 0.1) is 5.92 Å². The first-order valence-electron chi connectivity index (χ1n) is 7.60. The molecule has 5 nitrogen and oxygen atoms in total. The van der Waals surface area contributed by atoms with Crippen molar-refractivity contribution in [3.05, 3.63) is 24.2 Å². The molecule has 1 aromatic heterocycles. The molecule has 1 aliphatic rings. The maximum Gasteiger partial charge on any atom is 0.410 e. The molecule has 2 atom stereocenters. The molecule has 1 aliphatic heterocycles. The van der Waals surface area contributed by atoms with Crippen molar-refractivity contribution in [2.75, 3.05) is 19.6 Å². The van der Waals surface area contributed by atoms with Crippen LogP contribution in [0.15, 0.2) is 22.8 Å². The molecule has 0 radical (unpaired) electrons. The Morgan fingerprint density at radius 2 is 2.33 bits per heavy atom. The number of hydrogen-bond acceptors (Lipinski definition) is 4. The summed E-state index contributed by atoms with van der Waals surface area (Å²) in [5, 5.41) is 3.46. The maximum absolute atomic E-state index is 12.0. The lowest BCUT2D eigenvalue weighted by molar-refractivity contribution is 0.0288. The van der Waals surface area contributed by atoms with Gasteiger partial charge in [0.1, 0.15) is 11.4 Å². The zero-order valence-corrected chi connectivity index (χ0v) is 13.4. The summed E-state index contributed by atoms with van der Waals surface area (Å²) in [6.07, 6.45) is 2.49. The van der Waals surface area contributed by atoms with Crippen LogP contribution in [0.5, 0.6) is 0 Å². The van der Waals surface area contributed by atoms with Crippen LogP contribution in [-0.2, 0) is 4.74 Å². The fourth-order valence-electron chi connectivity index (χ4n) is 2.47. The molecule has 5 heteroatoms. The maximum atomic E-state index is 12.0. The lowest BCUT2D eigenvalue weighted by Crippen LogP contribution is -2.36. The van der Waals surface area contributed by atoms with Crippen LogP contribution in [0.25, 0.3) is 0 Å². The first-order valence-corrected chi connectivity index (χ1v) is 7.60. The van der Waals surface area contributed by atoms with Crippen molar-refractivity contribution in [3.8, 4) is 0 Å². The highest BCUT2D eigenvalue weighted by atomic mass is 16.6. The van der Waals surface area contributed by atoms with Gasteiger partial charge in [-0.2, -0.15) is 0 Å². The number of carbonyl (C=O) groups is 1. The largest absolute Gasteiger partial charge is 0.468 e. The Balaban J connectivity index is 1.74. The van der Waals surface area contributed by atoms with Gasteiger partial charge >= 0.3 is 6.09 Å². The Morgan fingerprint density at radius 3 is 2.95 bits per heavy atom.